The standard InChI is InChI=1S/C32H41N5O2/c1-22(2)36-16-18-37(19-17-36)27-12-10-24(11-13-27)26-20-28(31-29(21-26)35(4)23(3)34-31)33-15-14-25-8-7-9-30(38-5)32(25)39-6/h7-13,20-22,33H,14-19H2,1-6H3. The molecule has 1 N–H and O–H groups in total. The first-order chi connectivity index (χ1) is 18.9. The maximum Gasteiger partial charge on any atom is 0.163 e. The van der Waals surface area contributed by atoms with Crippen LogP contribution in [0.5, 0.6) is 11.5 Å². The molecular weight excluding hydrogens is 486 g/mol. The van der Waals surface area contributed by atoms with E-state index in [0.29, 0.717) is 6.04 Å². The van der Waals surface area contributed by atoms with Gasteiger partial charge in [-0.05, 0) is 74.2 Å². The number of piperazine rings is 1. The van der Waals surface area contributed by atoms with Crippen molar-refractivity contribution in [2.24, 2.45) is 7.05 Å². The molecule has 0 radical (unpaired) electrons. The van der Waals surface area contributed by atoms with Crippen molar-refractivity contribution in [3.63, 3.8) is 0 Å². The molecule has 0 saturated carbocycles. The predicted octanol–water partition coefficient (Wildman–Crippen LogP) is 5.75. The Bertz CT molecular complexity index is 1420. The first-order valence-corrected chi connectivity index (χ1v) is 13.9. The molecule has 206 valence electrons. The van der Waals surface area contributed by atoms with E-state index in [1.54, 1.807) is 14.2 Å². The van der Waals surface area contributed by atoms with Gasteiger partial charge < -0.3 is 24.3 Å². The van der Waals surface area contributed by atoms with Gasteiger partial charge in [0.15, 0.2) is 11.5 Å². The summed E-state index contributed by atoms with van der Waals surface area (Å²) in [6.45, 7) is 11.7. The summed E-state index contributed by atoms with van der Waals surface area (Å²) in [6, 6.07) is 20.1. The number of fused-ring (bicyclic) bond motifs is 1. The Labute approximate surface area is 232 Å². The Morgan fingerprint density at radius 1 is 0.923 bits per heavy atom. The fourth-order valence-corrected chi connectivity index (χ4v) is 5.55. The van der Waals surface area contributed by atoms with Crippen molar-refractivity contribution in [2.75, 3.05) is 57.2 Å². The highest BCUT2D eigenvalue weighted by Gasteiger charge is 2.19. The van der Waals surface area contributed by atoms with Gasteiger partial charge in [0, 0.05) is 51.5 Å². The number of para-hydroxylation sites is 1. The van der Waals surface area contributed by atoms with Crippen molar-refractivity contribution in [1.82, 2.24) is 14.5 Å². The molecule has 3 aromatic carbocycles. The van der Waals surface area contributed by atoms with Crippen LogP contribution in [0.25, 0.3) is 22.2 Å². The van der Waals surface area contributed by atoms with Gasteiger partial charge in [0.05, 0.1) is 25.4 Å². The minimum Gasteiger partial charge on any atom is -0.493 e. The van der Waals surface area contributed by atoms with Crippen molar-refractivity contribution >= 4 is 22.4 Å². The predicted molar refractivity (Wildman–Crippen MR) is 162 cm³/mol. The van der Waals surface area contributed by atoms with Crippen LogP contribution in [0.3, 0.4) is 0 Å². The van der Waals surface area contributed by atoms with Gasteiger partial charge in [0.1, 0.15) is 11.3 Å². The molecule has 7 nitrogen and oxygen atoms in total. The van der Waals surface area contributed by atoms with Crippen LogP contribution >= 0.6 is 0 Å². The summed E-state index contributed by atoms with van der Waals surface area (Å²) < 4.78 is 13.3. The SMILES string of the molecule is COc1cccc(CCNc2cc(-c3ccc(N4CCN(C(C)C)CC4)cc3)cc3c2nc(C)n3C)c1OC. The van der Waals surface area contributed by atoms with Gasteiger partial charge >= 0.3 is 0 Å². The van der Waals surface area contributed by atoms with Crippen LogP contribution in [0.4, 0.5) is 11.4 Å². The average molecular weight is 528 g/mol. The summed E-state index contributed by atoms with van der Waals surface area (Å²) in [7, 11) is 5.44. The Morgan fingerprint density at radius 2 is 1.67 bits per heavy atom. The van der Waals surface area contributed by atoms with Crippen LogP contribution in [-0.2, 0) is 13.5 Å². The number of rotatable bonds is 9. The van der Waals surface area contributed by atoms with E-state index in [1.807, 2.05) is 12.1 Å². The summed E-state index contributed by atoms with van der Waals surface area (Å²) in [5.74, 6) is 2.54. The lowest BCUT2D eigenvalue weighted by molar-refractivity contribution is 0.209. The molecule has 39 heavy (non-hydrogen) atoms. The summed E-state index contributed by atoms with van der Waals surface area (Å²) in [5.41, 5.74) is 7.96. The summed E-state index contributed by atoms with van der Waals surface area (Å²) in [4.78, 5) is 9.92. The lowest BCUT2D eigenvalue weighted by Crippen LogP contribution is -2.48. The van der Waals surface area contributed by atoms with Crippen LogP contribution < -0.4 is 19.7 Å². The van der Waals surface area contributed by atoms with Crippen molar-refractivity contribution in [3.8, 4) is 22.6 Å². The molecule has 0 aliphatic carbocycles. The third-order valence-corrected chi connectivity index (χ3v) is 8.01. The summed E-state index contributed by atoms with van der Waals surface area (Å²) >= 11 is 0. The fourth-order valence-electron chi connectivity index (χ4n) is 5.55. The van der Waals surface area contributed by atoms with Crippen molar-refractivity contribution in [2.45, 2.75) is 33.2 Å². The maximum absolute atomic E-state index is 5.63. The molecule has 1 aliphatic heterocycles. The topological polar surface area (TPSA) is 54.8 Å². The largest absolute Gasteiger partial charge is 0.493 e. The molecule has 2 heterocycles. The first-order valence-electron chi connectivity index (χ1n) is 13.9. The quantitative estimate of drug-likeness (QED) is 0.299. The number of aromatic nitrogens is 2. The fraction of sp³-hybridized carbons (Fsp3) is 0.406. The maximum atomic E-state index is 5.63. The van der Waals surface area contributed by atoms with Gasteiger partial charge in [0.2, 0.25) is 0 Å². The Morgan fingerprint density at radius 3 is 2.33 bits per heavy atom. The minimum atomic E-state index is 0.612. The van der Waals surface area contributed by atoms with Crippen LogP contribution in [-0.4, -0.2) is 67.4 Å². The number of hydrogen-bond donors (Lipinski definition) is 1. The molecule has 5 rings (SSSR count). The van der Waals surface area contributed by atoms with Gasteiger partial charge in [-0.15, -0.1) is 0 Å². The zero-order chi connectivity index (χ0) is 27.5. The first kappa shape index (κ1) is 26.9. The van der Waals surface area contributed by atoms with Crippen molar-refractivity contribution < 1.29 is 9.47 Å². The van der Waals surface area contributed by atoms with Crippen LogP contribution in [0.15, 0.2) is 54.6 Å². The van der Waals surface area contributed by atoms with E-state index >= 15 is 0 Å². The van der Waals surface area contributed by atoms with Crippen molar-refractivity contribution in [3.05, 3.63) is 66.0 Å². The van der Waals surface area contributed by atoms with E-state index in [4.69, 9.17) is 14.5 Å². The molecule has 4 aromatic rings. The number of hydrogen-bond acceptors (Lipinski definition) is 6. The zero-order valence-electron chi connectivity index (χ0n) is 24.1. The third kappa shape index (κ3) is 5.55. The van der Waals surface area contributed by atoms with Gasteiger partial charge in [-0.2, -0.15) is 0 Å². The Hall–Kier alpha value is -3.71. The second-order valence-electron chi connectivity index (χ2n) is 10.6. The third-order valence-electron chi connectivity index (χ3n) is 8.01. The molecule has 1 aromatic heterocycles. The highest BCUT2D eigenvalue weighted by atomic mass is 16.5. The average Bonchev–Trinajstić information content (AvgIpc) is 3.26. The molecule has 7 heteroatoms. The molecule has 0 spiro atoms. The van der Waals surface area contributed by atoms with Gasteiger partial charge in [-0.3, -0.25) is 4.90 Å². The number of methoxy groups -OCH3 is 2. The van der Waals surface area contributed by atoms with E-state index in [2.05, 4.69) is 90.0 Å². The van der Waals surface area contributed by atoms with Gasteiger partial charge in [-0.1, -0.05) is 24.3 Å². The number of aryl methyl sites for hydroxylation is 2. The molecule has 1 aliphatic rings. The number of anilines is 2. The molecule has 0 bridgehead atoms. The van der Waals surface area contributed by atoms with E-state index in [9.17, 15) is 0 Å². The van der Waals surface area contributed by atoms with Crippen LogP contribution in [0.2, 0.25) is 0 Å². The van der Waals surface area contributed by atoms with Gasteiger partial charge in [-0.25, -0.2) is 4.98 Å². The zero-order valence-corrected chi connectivity index (χ0v) is 24.1. The number of ether oxygens (including phenoxy) is 2. The van der Waals surface area contributed by atoms with E-state index in [-0.39, 0.29) is 0 Å². The van der Waals surface area contributed by atoms with E-state index in [1.165, 1.54) is 16.8 Å². The summed E-state index contributed by atoms with van der Waals surface area (Å²) in [5, 5.41) is 3.67. The number of nitrogens with one attached hydrogen (secondary N) is 1. The molecule has 1 saturated heterocycles. The molecule has 0 amide bonds. The van der Waals surface area contributed by atoms with Crippen molar-refractivity contribution in [1.29, 1.82) is 0 Å². The minimum absolute atomic E-state index is 0.612. The highest BCUT2D eigenvalue weighted by molar-refractivity contribution is 5.94. The lowest BCUT2D eigenvalue weighted by Gasteiger charge is -2.38. The summed E-state index contributed by atoms with van der Waals surface area (Å²) in [6.07, 6.45) is 0.802. The van der Waals surface area contributed by atoms with Crippen LogP contribution in [0, 0.1) is 6.92 Å². The van der Waals surface area contributed by atoms with E-state index in [0.717, 1.165) is 78.8 Å². The molecule has 0 unspecified atom stereocenters. The van der Waals surface area contributed by atoms with E-state index < -0.39 is 0 Å². The lowest BCUT2D eigenvalue weighted by atomic mass is 10.0. The smallest absolute Gasteiger partial charge is 0.163 e. The molecule has 1 fully saturated rings. The second-order valence-corrected chi connectivity index (χ2v) is 10.6. The number of imidazole rings is 1. The van der Waals surface area contributed by atoms with Crippen LogP contribution in [0.1, 0.15) is 25.2 Å². The monoisotopic (exact) mass is 527 g/mol. The highest BCUT2D eigenvalue weighted by Crippen LogP contribution is 2.34. The number of benzene rings is 3. The molecular formula is C32H41N5O2. The number of nitrogens with zero attached hydrogens (tertiary/aromatic N) is 4. The second kappa shape index (κ2) is 11.6. The normalized spacial score (nSPS) is 14.3. The van der Waals surface area contributed by atoms with Gasteiger partial charge in [0.25, 0.3) is 0 Å². The Balaban J connectivity index is 1.37. The molecule has 0 atom stereocenters. The Kier molecular flexibility index (Phi) is 7.98.